The van der Waals surface area contributed by atoms with E-state index in [-0.39, 0.29) is 29.6 Å². The average Bonchev–Trinajstić information content (AvgIpc) is 3.36. The second kappa shape index (κ2) is 9.88. The maximum atomic E-state index is 13.7. The number of hydrogen-bond acceptors (Lipinski definition) is 5. The van der Waals surface area contributed by atoms with Gasteiger partial charge in [-0.15, -0.1) is 5.10 Å². The topological polar surface area (TPSA) is 98.1 Å². The van der Waals surface area contributed by atoms with Crippen LogP contribution in [0.5, 0.6) is 0 Å². The molecule has 13 heteroatoms. The fraction of sp³-hybridized carbons (Fsp3) is 0.261. The molecule has 2 aromatic carbocycles. The fourth-order valence-electron chi connectivity index (χ4n) is 3.60. The third-order valence-corrected chi connectivity index (χ3v) is 5.59. The van der Waals surface area contributed by atoms with Crippen LogP contribution < -0.4 is 5.69 Å². The number of alkyl halides is 3. The zero-order chi connectivity index (χ0) is 26.2. The van der Waals surface area contributed by atoms with Crippen molar-refractivity contribution in [2.24, 2.45) is 0 Å². The summed E-state index contributed by atoms with van der Waals surface area (Å²) in [4.78, 5) is 17.3. The first-order valence-electron chi connectivity index (χ1n) is 10.6. The van der Waals surface area contributed by atoms with E-state index in [0.29, 0.717) is 10.6 Å². The van der Waals surface area contributed by atoms with Crippen molar-refractivity contribution in [2.45, 2.75) is 38.4 Å². The molecule has 0 bridgehead atoms. The molecule has 0 radical (unpaired) electrons. The molecule has 0 fully saturated rings. The second-order valence-electron chi connectivity index (χ2n) is 8.05. The summed E-state index contributed by atoms with van der Waals surface area (Å²) < 4.78 is 56.0. The molecule has 0 aliphatic rings. The number of aliphatic hydroxyl groups excluding tert-OH is 2. The number of aliphatic hydroxyl groups is 2. The van der Waals surface area contributed by atoms with Crippen LogP contribution >= 0.6 is 11.6 Å². The van der Waals surface area contributed by atoms with Gasteiger partial charge in [0.1, 0.15) is 11.9 Å². The van der Waals surface area contributed by atoms with E-state index < -0.39 is 36.4 Å². The molecule has 2 atom stereocenters. The van der Waals surface area contributed by atoms with Crippen molar-refractivity contribution in [3.63, 3.8) is 0 Å². The van der Waals surface area contributed by atoms with Crippen LogP contribution in [0.25, 0.3) is 16.9 Å². The molecule has 2 heterocycles. The van der Waals surface area contributed by atoms with E-state index in [2.05, 4.69) is 10.1 Å². The Morgan fingerprint density at radius 3 is 2.42 bits per heavy atom. The minimum Gasteiger partial charge on any atom is -0.385 e. The van der Waals surface area contributed by atoms with Gasteiger partial charge in [-0.2, -0.15) is 13.2 Å². The Labute approximate surface area is 206 Å². The van der Waals surface area contributed by atoms with Crippen LogP contribution in [-0.4, -0.2) is 46.4 Å². The van der Waals surface area contributed by atoms with E-state index in [9.17, 15) is 32.6 Å². The molecule has 2 aromatic heterocycles. The van der Waals surface area contributed by atoms with Crippen LogP contribution in [0.4, 0.5) is 17.6 Å². The predicted octanol–water partition coefficient (Wildman–Crippen LogP) is 3.71. The highest BCUT2D eigenvalue weighted by Crippen LogP contribution is 2.25. The van der Waals surface area contributed by atoms with Crippen LogP contribution in [0.15, 0.2) is 59.5 Å². The molecule has 0 saturated heterocycles. The lowest BCUT2D eigenvalue weighted by atomic mass is 10.1. The first-order chi connectivity index (χ1) is 16.9. The van der Waals surface area contributed by atoms with Gasteiger partial charge in [-0.3, -0.25) is 9.13 Å². The summed E-state index contributed by atoms with van der Waals surface area (Å²) in [5, 5.41) is 24.4. The van der Waals surface area contributed by atoms with Crippen LogP contribution in [0.1, 0.15) is 24.7 Å². The van der Waals surface area contributed by atoms with E-state index in [1.807, 2.05) is 0 Å². The molecule has 2 N–H and O–H groups in total. The largest absolute Gasteiger partial charge is 0.416 e. The summed E-state index contributed by atoms with van der Waals surface area (Å²) in [7, 11) is 0. The minimum atomic E-state index is -4.93. The summed E-state index contributed by atoms with van der Waals surface area (Å²) in [5.41, 5.74) is -0.0542. The molecule has 0 aliphatic carbocycles. The maximum absolute atomic E-state index is 13.7. The lowest BCUT2D eigenvalue weighted by Gasteiger charge is -2.16. The molecule has 8 nitrogen and oxygen atoms in total. The van der Waals surface area contributed by atoms with Crippen LogP contribution in [0.3, 0.4) is 0 Å². The minimum absolute atomic E-state index is 0.0495. The molecule has 4 rings (SSSR count). The zero-order valence-corrected chi connectivity index (χ0v) is 19.4. The van der Waals surface area contributed by atoms with Gasteiger partial charge in [0.15, 0.2) is 17.8 Å². The fourth-order valence-corrected chi connectivity index (χ4v) is 3.73. The smallest absolute Gasteiger partial charge is 0.385 e. The van der Waals surface area contributed by atoms with Crippen molar-refractivity contribution < 1.29 is 27.8 Å². The highest BCUT2D eigenvalue weighted by atomic mass is 35.5. The van der Waals surface area contributed by atoms with E-state index in [4.69, 9.17) is 11.6 Å². The van der Waals surface area contributed by atoms with Crippen molar-refractivity contribution in [3.05, 3.63) is 87.7 Å². The Morgan fingerprint density at radius 1 is 1.11 bits per heavy atom. The average molecular weight is 526 g/mol. The van der Waals surface area contributed by atoms with Gasteiger partial charge in [0.25, 0.3) is 0 Å². The highest BCUT2D eigenvalue weighted by molar-refractivity contribution is 6.30. The van der Waals surface area contributed by atoms with E-state index >= 15 is 0 Å². The number of aromatic nitrogens is 5. The Kier molecular flexibility index (Phi) is 7.03. The van der Waals surface area contributed by atoms with Gasteiger partial charge in [-0.1, -0.05) is 29.8 Å². The first kappa shape index (κ1) is 25.6. The molecule has 0 saturated carbocycles. The van der Waals surface area contributed by atoms with Crippen molar-refractivity contribution in [2.75, 3.05) is 0 Å². The van der Waals surface area contributed by atoms with Gasteiger partial charge in [0.2, 0.25) is 0 Å². The van der Waals surface area contributed by atoms with Gasteiger partial charge >= 0.3 is 11.9 Å². The van der Waals surface area contributed by atoms with Gasteiger partial charge in [0, 0.05) is 11.2 Å². The number of hydrogen-bond donors (Lipinski definition) is 2. The molecule has 36 heavy (non-hydrogen) atoms. The maximum Gasteiger partial charge on any atom is 0.416 e. The third kappa shape index (κ3) is 5.35. The first-order valence-corrected chi connectivity index (χ1v) is 11.0. The molecule has 0 amide bonds. The highest BCUT2D eigenvalue weighted by Gasteiger charge is 2.39. The molecule has 0 aliphatic heterocycles. The summed E-state index contributed by atoms with van der Waals surface area (Å²) >= 11 is 5.90. The molecule has 2 unspecified atom stereocenters. The number of imidazole rings is 1. The van der Waals surface area contributed by atoms with Crippen molar-refractivity contribution in [1.82, 2.24) is 23.9 Å². The van der Waals surface area contributed by atoms with Gasteiger partial charge in [-0.25, -0.2) is 18.9 Å². The lowest BCUT2D eigenvalue weighted by molar-refractivity contribution is -0.207. The third-order valence-electron chi connectivity index (χ3n) is 5.33. The lowest BCUT2D eigenvalue weighted by Crippen LogP contribution is -2.37. The van der Waals surface area contributed by atoms with Crippen molar-refractivity contribution in [1.29, 1.82) is 0 Å². The summed E-state index contributed by atoms with van der Waals surface area (Å²) in [6, 6.07) is 11.5. The molecular weight excluding hydrogens is 506 g/mol. The standard InChI is InChI=1S/C23H20ClF4N5O3/c1-13(34)21-29-20(30-33(21)17-4-2-3-16(25)9-17)12-31-10-18(14-5-7-15(24)8-6-14)32(22(31)36)11-19(35)23(26,27)28/h2-10,13,19,34-35H,11-12H2,1H3. The Balaban J connectivity index is 1.77. The van der Waals surface area contributed by atoms with Crippen LogP contribution in [0.2, 0.25) is 5.02 Å². The van der Waals surface area contributed by atoms with Crippen molar-refractivity contribution in [3.8, 4) is 16.9 Å². The molecule has 190 valence electrons. The number of halogens is 5. The SMILES string of the molecule is CC(O)c1nc(Cn2cc(-c3ccc(Cl)cc3)n(CC(O)C(F)(F)F)c2=O)nn1-c1cccc(F)c1. The van der Waals surface area contributed by atoms with Crippen LogP contribution in [-0.2, 0) is 13.1 Å². The Bertz CT molecular complexity index is 1430. The Hall–Kier alpha value is -3.48. The van der Waals surface area contributed by atoms with Gasteiger partial charge in [0.05, 0.1) is 24.5 Å². The Morgan fingerprint density at radius 2 is 1.81 bits per heavy atom. The number of benzene rings is 2. The summed E-state index contributed by atoms with van der Waals surface area (Å²) in [5.74, 6) is -0.410. The quantitative estimate of drug-likeness (QED) is 0.358. The van der Waals surface area contributed by atoms with E-state index in [0.717, 1.165) is 9.13 Å². The number of nitrogens with zero attached hydrogens (tertiary/aromatic N) is 5. The molecule has 4 aromatic rings. The number of rotatable bonds is 7. The second-order valence-corrected chi connectivity index (χ2v) is 8.49. The summed E-state index contributed by atoms with van der Waals surface area (Å²) in [6.45, 7) is 0.136. The van der Waals surface area contributed by atoms with E-state index in [1.54, 1.807) is 6.07 Å². The van der Waals surface area contributed by atoms with Gasteiger partial charge < -0.3 is 10.2 Å². The van der Waals surface area contributed by atoms with Crippen LogP contribution in [0, 0.1) is 5.82 Å². The normalized spacial score (nSPS) is 13.7. The predicted molar refractivity (Wildman–Crippen MR) is 122 cm³/mol. The van der Waals surface area contributed by atoms with E-state index in [1.165, 1.54) is 60.3 Å². The monoisotopic (exact) mass is 525 g/mol. The van der Waals surface area contributed by atoms with Crippen molar-refractivity contribution >= 4 is 11.6 Å². The zero-order valence-electron chi connectivity index (χ0n) is 18.7. The molecule has 0 spiro atoms. The summed E-state index contributed by atoms with van der Waals surface area (Å²) in [6.07, 6.45) is -7.48. The van der Waals surface area contributed by atoms with Gasteiger partial charge in [-0.05, 0) is 42.8 Å². The molecular formula is C23H20ClF4N5O3.